The number of aliphatic hydroxyl groups excluding tert-OH is 2. The van der Waals surface area contributed by atoms with Crippen molar-refractivity contribution in [1.29, 1.82) is 0 Å². The number of carbonyl (C=O) groups is 1. The van der Waals surface area contributed by atoms with Gasteiger partial charge in [-0.1, -0.05) is 281 Å². The maximum atomic E-state index is 12.5. The first-order chi connectivity index (χ1) is 29.7. The van der Waals surface area contributed by atoms with E-state index in [1.807, 2.05) is 6.08 Å². The predicted molar refractivity (Wildman–Crippen MR) is 267 cm³/mol. The van der Waals surface area contributed by atoms with Gasteiger partial charge in [0.05, 0.1) is 18.8 Å². The molecule has 2 unspecified atom stereocenters. The van der Waals surface area contributed by atoms with Crippen molar-refractivity contribution in [2.75, 3.05) is 6.61 Å². The Morgan fingerprint density at radius 3 is 0.967 bits per heavy atom. The number of unbranched alkanes of at least 4 members (excludes halogenated alkanes) is 39. The van der Waals surface area contributed by atoms with Gasteiger partial charge in [0.15, 0.2) is 0 Å². The summed E-state index contributed by atoms with van der Waals surface area (Å²) in [5.74, 6) is -0.0723. The molecule has 0 heterocycles. The molecule has 0 saturated heterocycles. The van der Waals surface area contributed by atoms with E-state index in [0.29, 0.717) is 6.42 Å². The van der Waals surface area contributed by atoms with Crippen LogP contribution in [-0.2, 0) is 4.79 Å². The van der Waals surface area contributed by atoms with Crippen LogP contribution in [0.1, 0.15) is 296 Å². The summed E-state index contributed by atoms with van der Waals surface area (Å²) in [5, 5.41) is 23.1. The Balaban J connectivity index is 3.52. The van der Waals surface area contributed by atoms with E-state index >= 15 is 0 Å². The number of carbonyl (C=O) groups excluding carboxylic acids is 1. The molecule has 0 fully saturated rings. The van der Waals surface area contributed by atoms with Crippen LogP contribution in [0.25, 0.3) is 0 Å². The second kappa shape index (κ2) is 52.0. The van der Waals surface area contributed by atoms with E-state index in [4.69, 9.17) is 0 Å². The van der Waals surface area contributed by atoms with Gasteiger partial charge >= 0.3 is 0 Å². The zero-order chi connectivity index (χ0) is 43.5. The summed E-state index contributed by atoms with van der Waals surface area (Å²) < 4.78 is 0. The molecular weight excluding hydrogens is 735 g/mol. The molecular formula is C56H107NO3. The second-order valence-corrected chi connectivity index (χ2v) is 18.6. The molecule has 0 aromatic heterocycles. The van der Waals surface area contributed by atoms with Gasteiger partial charge in [-0.25, -0.2) is 0 Å². The summed E-state index contributed by atoms with van der Waals surface area (Å²) in [7, 11) is 0. The quantitative estimate of drug-likeness (QED) is 0.0422. The molecule has 0 rings (SSSR count). The first-order valence-electron chi connectivity index (χ1n) is 27.2. The monoisotopic (exact) mass is 842 g/mol. The van der Waals surface area contributed by atoms with Crippen molar-refractivity contribution in [1.82, 2.24) is 5.32 Å². The van der Waals surface area contributed by atoms with Gasteiger partial charge in [-0.2, -0.15) is 0 Å². The van der Waals surface area contributed by atoms with Crippen LogP contribution in [0.15, 0.2) is 36.5 Å². The van der Waals surface area contributed by atoms with Gasteiger partial charge in [-0.05, 0) is 44.9 Å². The van der Waals surface area contributed by atoms with Gasteiger partial charge in [-0.15, -0.1) is 0 Å². The molecule has 0 radical (unpaired) electrons. The van der Waals surface area contributed by atoms with E-state index in [2.05, 4.69) is 43.5 Å². The Morgan fingerprint density at radius 1 is 0.383 bits per heavy atom. The highest BCUT2D eigenvalue weighted by Gasteiger charge is 2.18. The Bertz CT molecular complexity index is 912. The van der Waals surface area contributed by atoms with Crippen molar-refractivity contribution >= 4 is 5.91 Å². The van der Waals surface area contributed by atoms with Crippen LogP contribution in [0.4, 0.5) is 0 Å². The zero-order valence-electron chi connectivity index (χ0n) is 40.7. The van der Waals surface area contributed by atoms with Gasteiger partial charge in [0.1, 0.15) is 0 Å². The number of nitrogens with one attached hydrogen (secondary N) is 1. The first-order valence-corrected chi connectivity index (χ1v) is 27.2. The van der Waals surface area contributed by atoms with Crippen LogP contribution < -0.4 is 5.32 Å². The third kappa shape index (κ3) is 47.7. The molecule has 1 amide bonds. The van der Waals surface area contributed by atoms with Crippen molar-refractivity contribution in [3.8, 4) is 0 Å². The Hall–Kier alpha value is -1.39. The summed E-state index contributed by atoms with van der Waals surface area (Å²) in [6.45, 7) is 4.32. The minimum absolute atomic E-state index is 0.0723. The van der Waals surface area contributed by atoms with E-state index in [0.717, 1.165) is 38.5 Å². The van der Waals surface area contributed by atoms with Gasteiger partial charge in [0, 0.05) is 6.42 Å². The molecule has 0 saturated carbocycles. The summed E-state index contributed by atoms with van der Waals surface area (Å²) in [5.41, 5.74) is 0. The van der Waals surface area contributed by atoms with Gasteiger partial charge in [0.25, 0.3) is 0 Å². The second-order valence-electron chi connectivity index (χ2n) is 18.6. The molecule has 0 aromatic carbocycles. The molecule has 0 bridgehead atoms. The number of allylic oxidation sites excluding steroid dienone is 5. The number of aliphatic hydroxyl groups is 2. The van der Waals surface area contributed by atoms with Crippen molar-refractivity contribution in [3.63, 3.8) is 0 Å². The van der Waals surface area contributed by atoms with Gasteiger partial charge in [-0.3, -0.25) is 4.79 Å². The molecule has 60 heavy (non-hydrogen) atoms. The fourth-order valence-corrected chi connectivity index (χ4v) is 8.45. The minimum Gasteiger partial charge on any atom is -0.394 e. The summed E-state index contributed by atoms with van der Waals surface area (Å²) >= 11 is 0. The Morgan fingerprint density at radius 2 is 0.650 bits per heavy atom. The third-order valence-corrected chi connectivity index (χ3v) is 12.6. The standard InChI is InChI=1S/C56H107NO3/c1-3-5-7-9-11-13-15-17-19-21-23-25-26-27-28-29-30-32-34-36-38-40-42-44-46-48-50-52-56(60)57-54(53-58)55(59)51-49-47-45-43-41-39-37-35-33-31-24-22-20-18-16-14-12-10-8-6-4-2/h33,35,41,43,49,51,54-55,58-59H,3-32,34,36-40,42,44-48,50,52-53H2,1-2H3,(H,57,60)/b35-33+,43-41+,51-49+. The summed E-state index contributed by atoms with van der Waals surface area (Å²) in [6, 6.07) is -0.643. The van der Waals surface area contributed by atoms with Crippen LogP contribution in [0, 0.1) is 0 Å². The van der Waals surface area contributed by atoms with E-state index in [1.54, 1.807) is 6.08 Å². The predicted octanol–water partition coefficient (Wildman–Crippen LogP) is 17.7. The average Bonchev–Trinajstić information content (AvgIpc) is 3.25. The lowest BCUT2D eigenvalue weighted by Crippen LogP contribution is -2.45. The maximum absolute atomic E-state index is 12.5. The molecule has 0 aliphatic rings. The Kier molecular flexibility index (Phi) is 50.8. The third-order valence-electron chi connectivity index (χ3n) is 12.6. The maximum Gasteiger partial charge on any atom is 0.220 e. The van der Waals surface area contributed by atoms with Crippen molar-refractivity contribution in [3.05, 3.63) is 36.5 Å². The summed E-state index contributed by atoms with van der Waals surface area (Å²) in [4.78, 5) is 12.5. The highest BCUT2D eigenvalue weighted by molar-refractivity contribution is 5.76. The Labute approximate surface area is 376 Å². The van der Waals surface area contributed by atoms with E-state index in [1.165, 1.54) is 238 Å². The lowest BCUT2D eigenvalue weighted by Gasteiger charge is -2.19. The topological polar surface area (TPSA) is 69.6 Å². The largest absolute Gasteiger partial charge is 0.394 e. The highest BCUT2D eigenvalue weighted by atomic mass is 16.3. The SMILES string of the molecule is CCCCCCCCCCCCC/C=C/CC/C=C/CC/C=C/C(O)C(CO)NC(=O)CCCCCCCCCCCCCCCCCCCCCCCCCCCCC. The van der Waals surface area contributed by atoms with Crippen LogP contribution >= 0.6 is 0 Å². The smallest absolute Gasteiger partial charge is 0.220 e. The molecule has 2 atom stereocenters. The molecule has 4 nitrogen and oxygen atoms in total. The van der Waals surface area contributed by atoms with Crippen molar-refractivity contribution in [2.24, 2.45) is 0 Å². The van der Waals surface area contributed by atoms with Crippen LogP contribution in [0.2, 0.25) is 0 Å². The van der Waals surface area contributed by atoms with Crippen molar-refractivity contribution in [2.45, 2.75) is 309 Å². The van der Waals surface area contributed by atoms with Crippen LogP contribution in [-0.4, -0.2) is 34.9 Å². The first kappa shape index (κ1) is 58.6. The molecule has 3 N–H and O–H groups in total. The lowest BCUT2D eigenvalue weighted by atomic mass is 10.0. The molecule has 0 aliphatic heterocycles. The van der Waals surface area contributed by atoms with E-state index in [-0.39, 0.29) is 12.5 Å². The fraction of sp³-hybridized carbons (Fsp3) is 0.875. The van der Waals surface area contributed by atoms with Crippen LogP contribution in [0.5, 0.6) is 0 Å². The van der Waals surface area contributed by atoms with Gasteiger partial charge < -0.3 is 15.5 Å². The fourth-order valence-electron chi connectivity index (χ4n) is 8.45. The minimum atomic E-state index is -0.868. The number of amides is 1. The lowest BCUT2D eigenvalue weighted by molar-refractivity contribution is -0.123. The normalized spacial score (nSPS) is 13.1. The number of hydrogen-bond donors (Lipinski definition) is 3. The molecule has 354 valence electrons. The van der Waals surface area contributed by atoms with Crippen LogP contribution in [0.3, 0.4) is 0 Å². The molecule has 0 spiro atoms. The number of hydrogen-bond acceptors (Lipinski definition) is 3. The highest BCUT2D eigenvalue weighted by Crippen LogP contribution is 2.17. The molecule has 0 aliphatic carbocycles. The average molecular weight is 842 g/mol. The zero-order valence-corrected chi connectivity index (χ0v) is 40.7. The van der Waals surface area contributed by atoms with Gasteiger partial charge in [0.2, 0.25) is 5.91 Å². The van der Waals surface area contributed by atoms with E-state index < -0.39 is 12.1 Å². The molecule has 4 heteroatoms. The molecule has 0 aromatic rings. The summed E-state index contributed by atoms with van der Waals surface area (Å²) in [6.07, 6.45) is 70.2. The number of rotatable bonds is 50. The van der Waals surface area contributed by atoms with Crippen molar-refractivity contribution < 1.29 is 15.0 Å². The van der Waals surface area contributed by atoms with E-state index in [9.17, 15) is 15.0 Å².